The van der Waals surface area contributed by atoms with Crippen LogP contribution in [0.15, 0.2) is 48.5 Å². The van der Waals surface area contributed by atoms with Crippen LogP contribution in [0.3, 0.4) is 0 Å². The minimum atomic E-state index is 0.107. The van der Waals surface area contributed by atoms with Crippen LogP contribution < -0.4 is 10.1 Å². The van der Waals surface area contributed by atoms with Gasteiger partial charge in [-0.05, 0) is 73.5 Å². The molecule has 1 saturated heterocycles. The van der Waals surface area contributed by atoms with Crippen molar-refractivity contribution in [2.75, 3.05) is 32.1 Å². The van der Waals surface area contributed by atoms with E-state index < -0.39 is 0 Å². The molecule has 142 valence electrons. The number of hydrogen-bond donors (Lipinski definition) is 1. The van der Waals surface area contributed by atoms with E-state index in [0.717, 1.165) is 54.4 Å². The van der Waals surface area contributed by atoms with Crippen LogP contribution in [0.2, 0.25) is 0 Å². The second kappa shape index (κ2) is 8.13. The highest BCUT2D eigenvalue weighted by atomic mass is 16.5. The summed E-state index contributed by atoms with van der Waals surface area (Å²) in [5, 5.41) is 3.11. The summed E-state index contributed by atoms with van der Waals surface area (Å²) in [6, 6.07) is 16.1. The van der Waals surface area contributed by atoms with Crippen LogP contribution in [0.1, 0.15) is 25.7 Å². The SMILES string of the molecule is COc1cccc(-c2ccc(NC(=O)[C@H]3CCCN(CC4CC4)C3)cc2)c1. The average Bonchev–Trinajstić information content (AvgIpc) is 3.53. The molecule has 1 atom stereocenters. The number of piperidine rings is 1. The van der Waals surface area contributed by atoms with Gasteiger partial charge in [0, 0.05) is 18.8 Å². The zero-order valence-corrected chi connectivity index (χ0v) is 16.0. The van der Waals surface area contributed by atoms with Gasteiger partial charge in [-0.3, -0.25) is 4.79 Å². The van der Waals surface area contributed by atoms with Crippen molar-refractivity contribution < 1.29 is 9.53 Å². The molecule has 2 aromatic carbocycles. The van der Waals surface area contributed by atoms with E-state index in [1.54, 1.807) is 7.11 Å². The summed E-state index contributed by atoms with van der Waals surface area (Å²) in [4.78, 5) is 15.2. The summed E-state index contributed by atoms with van der Waals surface area (Å²) in [5.74, 6) is 1.99. The lowest BCUT2D eigenvalue weighted by Gasteiger charge is -2.32. The predicted molar refractivity (Wildman–Crippen MR) is 109 cm³/mol. The summed E-state index contributed by atoms with van der Waals surface area (Å²) in [6.45, 7) is 3.23. The van der Waals surface area contributed by atoms with Crippen LogP contribution in [0.25, 0.3) is 11.1 Å². The summed E-state index contributed by atoms with van der Waals surface area (Å²) in [6.07, 6.45) is 4.86. The fourth-order valence-electron chi connectivity index (χ4n) is 3.89. The largest absolute Gasteiger partial charge is 0.497 e. The van der Waals surface area contributed by atoms with Gasteiger partial charge >= 0.3 is 0 Å². The highest BCUT2D eigenvalue weighted by molar-refractivity contribution is 5.93. The van der Waals surface area contributed by atoms with Gasteiger partial charge in [-0.25, -0.2) is 0 Å². The van der Waals surface area contributed by atoms with E-state index in [9.17, 15) is 4.79 Å². The lowest BCUT2D eigenvalue weighted by Crippen LogP contribution is -2.41. The number of carbonyl (C=O) groups is 1. The summed E-state index contributed by atoms with van der Waals surface area (Å²) >= 11 is 0. The summed E-state index contributed by atoms with van der Waals surface area (Å²) in [5.41, 5.74) is 3.08. The molecule has 0 spiro atoms. The molecule has 4 rings (SSSR count). The number of nitrogens with one attached hydrogen (secondary N) is 1. The van der Waals surface area contributed by atoms with Crippen molar-refractivity contribution in [3.05, 3.63) is 48.5 Å². The molecule has 2 aliphatic rings. The van der Waals surface area contributed by atoms with E-state index in [4.69, 9.17) is 4.74 Å². The van der Waals surface area contributed by atoms with Crippen molar-refractivity contribution in [2.45, 2.75) is 25.7 Å². The Labute approximate surface area is 161 Å². The third-order valence-electron chi connectivity index (χ3n) is 5.65. The van der Waals surface area contributed by atoms with Crippen LogP contribution in [-0.4, -0.2) is 37.6 Å². The van der Waals surface area contributed by atoms with Crippen molar-refractivity contribution in [1.82, 2.24) is 4.90 Å². The molecular weight excluding hydrogens is 336 g/mol. The van der Waals surface area contributed by atoms with Gasteiger partial charge in [0.15, 0.2) is 0 Å². The Kier molecular flexibility index (Phi) is 5.44. The number of amides is 1. The second-order valence-electron chi connectivity index (χ2n) is 7.84. The molecule has 1 aliphatic carbocycles. The Morgan fingerprint density at radius 2 is 1.93 bits per heavy atom. The predicted octanol–water partition coefficient (Wildman–Crippen LogP) is 4.42. The maximum atomic E-state index is 12.7. The van der Waals surface area contributed by atoms with Crippen LogP contribution in [0.4, 0.5) is 5.69 Å². The molecule has 2 aromatic rings. The number of likely N-dealkylation sites (tertiary alicyclic amines) is 1. The minimum absolute atomic E-state index is 0.107. The first-order chi connectivity index (χ1) is 13.2. The maximum Gasteiger partial charge on any atom is 0.228 e. The van der Waals surface area contributed by atoms with Crippen molar-refractivity contribution in [3.63, 3.8) is 0 Å². The lowest BCUT2D eigenvalue weighted by atomic mass is 9.96. The fraction of sp³-hybridized carbons (Fsp3) is 0.435. The number of hydrogen-bond acceptors (Lipinski definition) is 3. The Hall–Kier alpha value is -2.33. The molecule has 1 amide bonds. The van der Waals surface area contributed by atoms with Crippen LogP contribution in [-0.2, 0) is 4.79 Å². The summed E-state index contributed by atoms with van der Waals surface area (Å²) < 4.78 is 5.30. The molecule has 1 aliphatic heterocycles. The normalized spacial score (nSPS) is 20.3. The molecule has 2 fully saturated rings. The Morgan fingerprint density at radius 3 is 2.67 bits per heavy atom. The molecule has 1 heterocycles. The second-order valence-corrected chi connectivity index (χ2v) is 7.84. The lowest BCUT2D eigenvalue weighted by molar-refractivity contribution is -0.121. The van der Waals surface area contributed by atoms with Crippen molar-refractivity contribution >= 4 is 11.6 Å². The number of rotatable bonds is 6. The Morgan fingerprint density at radius 1 is 1.11 bits per heavy atom. The first kappa shape index (κ1) is 18.1. The average molecular weight is 364 g/mol. The molecule has 1 saturated carbocycles. The number of benzene rings is 2. The van der Waals surface area contributed by atoms with Gasteiger partial charge in [0.05, 0.1) is 13.0 Å². The Bertz CT molecular complexity index is 783. The van der Waals surface area contributed by atoms with E-state index in [-0.39, 0.29) is 11.8 Å². The molecule has 0 unspecified atom stereocenters. The maximum absolute atomic E-state index is 12.7. The quantitative estimate of drug-likeness (QED) is 0.825. The number of carbonyl (C=O) groups excluding carboxylic acids is 1. The van der Waals surface area contributed by atoms with E-state index in [2.05, 4.69) is 16.3 Å². The highest BCUT2D eigenvalue weighted by Crippen LogP contribution is 2.31. The van der Waals surface area contributed by atoms with E-state index in [0.29, 0.717) is 0 Å². The zero-order valence-electron chi connectivity index (χ0n) is 16.0. The number of anilines is 1. The van der Waals surface area contributed by atoms with Gasteiger partial charge in [0.1, 0.15) is 5.75 Å². The van der Waals surface area contributed by atoms with Crippen molar-refractivity contribution in [2.24, 2.45) is 11.8 Å². The number of ether oxygens (including phenoxy) is 1. The van der Waals surface area contributed by atoms with Gasteiger partial charge < -0.3 is 15.0 Å². The van der Waals surface area contributed by atoms with Crippen molar-refractivity contribution in [3.8, 4) is 16.9 Å². The third-order valence-corrected chi connectivity index (χ3v) is 5.65. The first-order valence-electron chi connectivity index (χ1n) is 9.99. The van der Waals surface area contributed by atoms with E-state index in [1.165, 1.54) is 19.4 Å². The zero-order chi connectivity index (χ0) is 18.6. The molecular formula is C23H28N2O2. The van der Waals surface area contributed by atoms with Gasteiger partial charge in [0.2, 0.25) is 5.91 Å². The number of methoxy groups -OCH3 is 1. The Balaban J connectivity index is 1.36. The minimum Gasteiger partial charge on any atom is -0.497 e. The van der Waals surface area contributed by atoms with Crippen LogP contribution in [0, 0.1) is 11.8 Å². The molecule has 1 N–H and O–H groups in total. The smallest absolute Gasteiger partial charge is 0.228 e. The topological polar surface area (TPSA) is 41.6 Å². The van der Waals surface area contributed by atoms with Crippen LogP contribution in [0.5, 0.6) is 5.75 Å². The standard InChI is InChI=1S/C23H28N2O2/c1-27-22-6-2-4-19(14-22)18-9-11-21(12-10-18)24-23(26)20-5-3-13-25(16-20)15-17-7-8-17/h2,4,6,9-12,14,17,20H,3,5,7-8,13,15-16H2,1H3,(H,24,26)/t20-/m0/s1. The molecule has 27 heavy (non-hydrogen) atoms. The third kappa shape index (κ3) is 4.69. The number of nitrogens with zero attached hydrogens (tertiary/aromatic N) is 1. The van der Waals surface area contributed by atoms with Crippen LogP contribution >= 0.6 is 0 Å². The first-order valence-corrected chi connectivity index (χ1v) is 9.99. The summed E-state index contributed by atoms with van der Waals surface area (Å²) in [7, 11) is 1.68. The monoisotopic (exact) mass is 364 g/mol. The molecule has 4 nitrogen and oxygen atoms in total. The van der Waals surface area contributed by atoms with Gasteiger partial charge in [-0.1, -0.05) is 24.3 Å². The molecule has 0 aromatic heterocycles. The van der Waals surface area contributed by atoms with Gasteiger partial charge in [-0.15, -0.1) is 0 Å². The van der Waals surface area contributed by atoms with E-state index >= 15 is 0 Å². The van der Waals surface area contributed by atoms with E-state index in [1.807, 2.05) is 42.5 Å². The molecule has 4 heteroatoms. The van der Waals surface area contributed by atoms with Gasteiger partial charge in [0.25, 0.3) is 0 Å². The molecule has 0 radical (unpaired) electrons. The van der Waals surface area contributed by atoms with Crippen molar-refractivity contribution in [1.29, 1.82) is 0 Å². The fourth-order valence-corrected chi connectivity index (χ4v) is 3.89. The van der Waals surface area contributed by atoms with Gasteiger partial charge in [-0.2, -0.15) is 0 Å². The highest BCUT2D eigenvalue weighted by Gasteiger charge is 2.30. The molecule has 0 bridgehead atoms.